The molecular weight excluding hydrogens is 1160 g/mol. The number of rotatable bonds is 25. The van der Waals surface area contributed by atoms with Crippen LogP contribution in [-0.4, -0.2) is 65.8 Å². The van der Waals surface area contributed by atoms with Gasteiger partial charge < -0.3 is 38.1 Å². The third-order valence-corrected chi connectivity index (χ3v) is 21.2. The molecule has 450 valence electrons. The predicted octanol–water partition coefficient (Wildman–Crippen LogP) is 13.5. The van der Waals surface area contributed by atoms with Gasteiger partial charge in [-0.25, -0.2) is 9.59 Å². The van der Waals surface area contributed by atoms with Crippen LogP contribution in [0.4, 0.5) is 11.4 Å². The molecule has 8 aromatic carbocycles. The average molecular weight is 1230 g/mol. The number of non-ortho nitro benzene ring substituents is 2. The molecule has 0 bridgehead atoms. The first kappa shape index (κ1) is 61.8. The van der Waals surface area contributed by atoms with Crippen LogP contribution in [0.15, 0.2) is 204 Å². The minimum atomic E-state index is -4.46. The van der Waals surface area contributed by atoms with Crippen LogP contribution >= 0.6 is 14.7 Å². The second kappa shape index (κ2) is 26.0. The van der Waals surface area contributed by atoms with E-state index >= 15 is 9.13 Å². The number of hydrogen-bond donors (Lipinski definition) is 2. The lowest BCUT2D eigenvalue weighted by atomic mass is 9.97. The normalized spacial score (nSPS) is 14.9. The number of oxime groups is 2. The first-order chi connectivity index (χ1) is 42.4. The maximum atomic E-state index is 15.7. The lowest BCUT2D eigenvalue weighted by Crippen LogP contribution is -2.40. The van der Waals surface area contributed by atoms with Gasteiger partial charge in [-0.3, -0.25) is 29.4 Å². The Morgan fingerprint density at radius 2 is 0.795 bits per heavy atom. The summed E-state index contributed by atoms with van der Waals surface area (Å²) in [4.78, 5) is 59.3. The van der Waals surface area contributed by atoms with Crippen LogP contribution in [-0.2, 0) is 61.2 Å². The summed E-state index contributed by atoms with van der Waals surface area (Å²) < 4.78 is 47.7. The molecule has 4 atom stereocenters. The molecule has 22 heteroatoms. The molecule has 0 aliphatic rings. The lowest BCUT2D eigenvalue weighted by molar-refractivity contribution is -0.384. The Bertz CT molecular complexity index is 4160. The van der Waals surface area contributed by atoms with Gasteiger partial charge in [0.2, 0.25) is 10.7 Å². The Hall–Kier alpha value is -9.26. The molecule has 10 rings (SSSR count). The average Bonchev–Trinajstić information content (AvgIpc) is 0.986. The molecular formula is C66H62N6O14P2. The number of nitrogens with zero attached hydrogens (tertiary/aromatic N) is 6. The number of aryl methyl sites for hydroxylation is 2. The van der Waals surface area contributed by atoms with Crippen LogP contribution in [0.1, 0.15) is 75.6 Å². The van der Waals surface area contributed by atoms with Gasteiger partial charge in [0.1, 0.15) is 11.4 Å². The molecule has 0 saturated heterocycles. The number of hydrogen-bond acceptors (Lipinski definition) is 16. The molecule has 0 saturated carbocycles. The fourth-order valence-corrected chi connectivity index (χ4v) is 16.6. The summed E-state index contributed by atoms with van der Waals surface area (Å²) in [6.07, 6.45) is 2.77. The molecule has 2 heterocycles. The maximum absolute atomic E-state index is 15.7. The van der Waals surface area contributed by atoms with Gasteiger partial charge in [0.15, 0.2) is 0 Å². The van der Waals surface area contributed by atoms with Crippen molar-refractivity contribution in [2.75, 3.05) is 13.2 Å². The SMILES string of the molecule is CCOP(=O)(c1ccccc1)C(O)(/C(=N\OC(C)=O)c1ccc2c(c1)c1cc([N+](=O)[O-])ccc1n2CCCCCCn1c2ccc(/C(=N/OC(C)=O)C(O)(c3ccccc3)P(=O)(OCC)c3ccccc3)cc2c2cc([N+](=O)[O-])ccc21)c1ccccc1. The number of benzene rings is 8. The van der Waals surface area contributed by atoms with E-state index in [0.29, 0.717) is 69.5 Å². The van der Waals surface area contributed by atoms with E-state index in [-0.39, 0.29) is 68.9 Å². The summed E-state index contributed by atoms with van der Waals surface area (Å²) in [5, 5.41) is 57.1. The van der Waals surface area contributed by atoms with Crippen molar-refractivity contribution in [1.82, 2.24) is 9.13 Å². The summed E-state index contributed by atoms with van der Waals surface area (Å²) in [7, 11) is -8.92. The molecule has 0 spiro atoms. The zero-order valence-corrected chi connectivity index (χ0v) is 50.3. The highest BCUT2D eigenvalue weighted by Gasteiger charge is 2.57. The number of nitro groups is 2. The van der Waals surface area contributed by atoms with Gasteiger partial charge in [0.05, 0.1) is 23.1 Å². The Morgan fingerprint density at radius 3 is 1.11 bits per heavy atom. The molecule has 20 nitrogen and oxygen atoms in total. The highest BCUT2D eigenvalue weighted by atomic mass is 31.2. The first-order valence-electron chi connectivity index (χ1n) is 28.5. The molecule has 0 amide bonds. The van der Waals surface area contributed by atoms with Crippen molar-refractivity contribution in [2.45, 2.75) is 77.2 Å². The van der Waals surface area contributed by atoms with Crippen molar-refractivity contribution in [3.63, 3.8) is 0 Å². The summed E-state index contributed by atoms with van der Waals surface area (Å²) in [5.74, 6) is -1.63. The van der Waals surface area contributed by atoms with E-state index in [1.807, 2.05) is 0 Å². The van der Waals surface area contributed by atoms with Crippen molar-refractivity contribution < 1.29 is 57.5 Å². The zero-order valence-electron chi connectivity index (χ0n) is 48.5. The van der Waals surface area contributed by atoms with Crippen molar-refractivity contribution in [3.8, 4) is 0 Å². The van der Waals surface area contributed by atoms with Crippen molar-refractivity contribution >= 4 is 104 Å². The zero-order chi connectivity index (χ0) is 62.4. The number of fused-ring (bicyclic) bond motifs is 6. The molecule has 0 aliphatic carbocycles. The number of unbranched alkanes of at least 4 members (excludes halogenated alkanes) is 3. The summed E-state index contributed by atoms with van der Waals surface area (Å²) in [5.41, 5.74) is 2.48. The Morgan fingerprint density at radius 1 is 0.477 bits per heavy atom. The maximum Gasteiger partial charge on any atom is 0.331 e. The lowest BCUT2D eigenvalue weighted by Gasteiger charge is -2.36. The summed E-state index contributed by atoms with van der Waals surface area (Å²) in [6, 6.07) is 52.3. The smallest absolute Gasteiger partial charge is 0.331 e. The molecule has 0 radical (unpaired) electrons. The number of carbonyl (C=O) groups excluding carboxylic acids is 2. The van der Waals surface area contributed by atoms with Gasteiger partial charge in [-0.15, -0.1) is 0 Å². The van der Waals surface area contributed by atoms with Crippen LogP contribution < -0.4 is 10.6 Å². The van der Waals surface area contributed by atoms with Crippen molar-refractivity contribution in [2.24, 2.45) is 10.3 Å². The molecule has 4 unspecified atom stereocenters. The van der Waals surface area contributed by atoms with Gasteiger partial charge >= 0.3 is 11.9 Å². The standard InChI is InChI=1S/C66H62N6O14P2/c1-5-83-87(81,53-27-17-11-18-28-53)65(75,49-23-13-9-14-24-49)63(67-85-45(3)73)47-31-35-59-55(41-47)57-43-51(71(77)78)33-37-61(57)69(59)39-21-7-8-22-40-70-60-36-32-48(42-56(60)58-44-52(72(79)80)34-38-62(58)70)64(68-86-46(4)74)66(76,50-25-15-10-16-26-50)88(82,84-6-2)54-29-19-12-20-30-54/h9-20,23-38,41-44,75-76H,5-8,21-22,39-40H2,1-4H3/b67-63-,68-64-. The monoisotopic (exact) mass is 1220 g/mol. The van der Waals surface area contributed by atoms with E-state index in [4.69, 9.17) is 18.7 Å². The molecule has 2 aromatic heterocycles. The summed E-state index contributed by atoms with van der Waals surface area (Å²) in [6.45, 7) is 6.37. The van der Waals surface area contributed by atoms with Gasteiger partial charge in [-0.1, -0.05) is 132 Å². The number of aliphatic hydroxyl groups is 2. The molecule has 2 N–H and O–H groups in total. The quantitative estimate of drug-likeness (QED) is 0.0135. The van der Waals surface area contributed by atoms with Crippen LogP contribution in [0, 0.1) is 20.2 Å². The van der Waals surface area contributed by atoms with Crippen LogP contribution in [0.3, 0.4) is 0 Å². The molecule has 0 aliphatic heterocycles. The Balaban J connectivity index is 0.984. The van der Waals surface area contributed by atoms with Crippen LogP contribution in [0.25, 0.3) is 43.6 Å². The molecule has 88 heavy (non-hydrogen) atoms. The predicted molar refractivity (Wildman–Crippen MR) is 339 cm³/mol. The third-order valence-electron chi connectivity index (χ3n) is 15.4. The highest BCUT2D eigenvalue weighted by molar-refractivity contribution is 7.69. The van der Waals surface area contributed by atoms with Gasteiger partial charge in [0.25, 0.3) is 26.1 Å². The van der Waals surface area contributed by atoms with Crippen LogP contribution in [0.5, 0.6) is 0 Å². The first-order valence-corrected chi connectivity index (χ1v) is 31.7. The number of nitro benzene ring substituents is 2. The van der Waals surface area contributed by atoms with E-state index in [9.17, 15) is 40.0 Å². The highest BCUT2D eigenvalue weighted by Crippen LogP contribution is 2.65. The van der Waals surface area contributed by atoms with Gasteiger partial charge in [0, 0.05) is 117 Å². The Kier molecular flexibility index (Phi) is 18.3. The van der Waals surface area contributed by atoms with E-state index in [1.54, 1.807) is 184 Å². The number of carbonyl (C=O) groups is 2. The summed E-state index contributed by atoms with van der Waals surface area (Å²) >= 11 is 0. The fourth-order valence-electron chi connectivity index (χ4n) is 11.5. The van der Waals surface area contributed by atoms with Crippen LogP contribution in [0.2, 0.25) is 0 Å². The molecule has 10 aromatic rings. The van der Waals surface area contributed by atoms with Gasteiger partial charge in [-0.05, 0) is 98.5 Å². The van der Waals surface area contributed by atoms with E-state index in [2.05, 4.69) is 19.4 Å². The largest absolute Gasteiger partial charge is 0.370 e. The number of aromatic nitrogens is 2. The topological polar surface area (TPSA) is 267 Å². The Labute approximate surface area is 505 Å². The second-order valence-electron chi connectivity index (χ2n) is 20.8. The van der Waals surface area contributed by atoms with Crippen molar-refractivity contribution in [3.05, 3.63) is 237 Å². The minimum Gasteiger partial charge on any atom is -0.370 e. The second-order valence-corrected chi connectivity index (χ2v) is 25.9. The van der Waals surface area contributed by atoms with Gasteiger partial charge in [-0.2, -0.15) is 0 Å². The third kappa shape index (κ3) is 11.5. The van der Waals surface area contributed by atoms with Crippen molar-refractivity contribution in [1.29, 1.82) is 0 Å². The molecule has 0 fully saturated rings. The van der Waals surface area contributed by atoms with E-state index in [0.717, 1.165) is 26.7 Å². The fraction of sp³-hybridized carbons (Fsp3) is 0.212. The minimum absolute atomic E-state index is 0.0781. The van der Waals surface area contributed by atoms with E-state index < -0.39 is 47.2 Å². The van der Waals surface area contributed by atoms with E-state index in [1.165, 1.54) is 24.3 Å².